The average Bonchev–Trinajstić information content (AvgIpc) is 3.33. The number of aldehydes is 1. The number of esters is 1. The zero-order chi connectivity index (χ0) is 49.0. The summed E-state index contributed by atoms with van der Waals surface area (Å²) in [7, 11) is 1.73. The predicted molar refractivity (Wildman–Crippen MR) is 280 cm³/mol. The standard InChI is InChI=1S/C36H72N4O2.C14H27NO3.C5H12O/c1-4-7-10-13-16-19-22-25-37(26-23-20-17-14-11-8-5-2)28-29-38(27-24-21-18-15-12-9-6-3)34-36(42)40-32-30-39(35-41)31-33-40;1-3-5-13-18-14(17)9-8-11-15(4-2)10-6-7-12-16;1-3-4-5-6-2/h35H,4-34H2,1-3H3;12H,3-11,13H2,1-2H3;3-5H2,1-2H3. The Labute approximate surface area is 409 Å². The van der Waals surface area contributed by atoms with Gasteiger partial charge in [-0.15, -0.1) is 0 Å². The fourth-order valence-electron chi connectivity index (χ4n) is 8.10. The summed E-state index contributed by atoms with van der Waals surface area (Å²) >= 11 is 0. The first-order chi connectivity index (χ1) is 32.3. The van der Waals surface area contributed by atoms with Crippen LogP contribution in [0.3, 0.4) is 0 Å². The van der Waals surface area contributed by atoms with E-state index in [0.717, 1.165) is 84.3 Å². The highest BCUT2D eigenvalue weighted by molar-refractivity contribution is 5.78. The van der Waals surface area contributed by atoms with Crippen LogP contribution in [0.15, 0.2) is 0 Å². The first kappa shape index (κ1) is 66.0. The highest BCUT2D eigenvalue weighted by atomic mass is 16.5. The fourth-order valence-corrected chi connectivity index (χ4v) is 8.10. The Morgan fingerprint density at radius 3 is 1.33 bits per heavy atom. The van der Waals surface area contributed by atoms with E-state index in [1.165, 1.54) is 161 Å². The number of methoxy groups -OCH3 is 1. The van der Waals surface area contributed by atoms with Gasteiger partial charge in [-0.1, -0.05) is 170 Å². The number of carbonyl (C=O) groups excluding carboxylic acids is 4. The summed E-state index contributed by atoms with van der Waals surface area (Å²) in [4.78, 5) is 57.1. The van der Waals surface area contributed by atoms with Crippen LogP contribution < -0.4 is 0 Å². The molecule has 1 fully saturated rings. The van der Waals surface area contributed by atoms with Crippen LogP contribution in [0.1, 0.15) is 228 Å². The molecule has 392 valence electrons. The van der Waals surface area contributed by atoms with Crippen LogP contribution >= 0.6 is 0 Å². The van der Waals surface area contributed by atoms with E-state index in [9.17, 15) is 19.2 Å². The van der Waals surface area contributed by atoms with Crippen LogP contribution in [0.4, 0.5) is 0 Å². The molecule has 1 aliphatic heterocycles. The van der Waals surface area contributed by atoms with Crippen LogP contribution in [-0.4, -0.2) is 154 Å². The van der Waals surface area contributed by atoms with Crippen LogP contribution in [0.5, 0.6) is 0 Å². The quantitative estimate of drug-likeness (QED) is 0.0335. The first-order valence-electron chi connectivity index (χ1n) is 28.0. The topological polar surface area (TPSA) is 103 Å². The van der Waals surface area contributed by atoms with Gasteiger partial charge in [0.25, 0.3) is 0 Å². The van der Waals surface area contributed by atoms with Gasteiger partial charge in [-0.2, -0.15) is 0 Å². The smallest absolute Gasteiger partial charge is 0.305 e. The van der Waals surface area contributed by atoms with Crippen LogP contribution in [0.25, 0.3) is 0 Å². The van der Waals surface area contributed by atoms with E-state index in [1.54, 1.807) is 12.0 Å². The molecule has 0 aromatic rings. The van der Waals surface area contributed by atoms with E-state index in [0.29, 0.717) is 52.2 Å². The number of nitrogens with zero attached hydrogens (tertiary/aromatic N) is 5. The van der Waals surface area contributed by atoms with E-state index in [-0.39, 0.29) is 11.9 Å². The number of amides is 2. The van der Waals surface area contributed by atoms with Crippen molar-refractivity contribution in [2.75, 3.05) is 105 Å². The van der Waals surface area contributed by atoms with Gasteiger partial charge in [-0.25, -0.2) is 0 Å². The lowest BCUT2D eigenvalue weighted by Gasteiger charge is -2.34. The normalized spacial score (nSPS) is 12.6. The molecule has 0 aliphatic carbocycles. The molecule has 0 aromatic heterocycles. The molecule has 11 heteroatoms. The lowest BCUT2D eigenvalue weighted by atomic mass is 10.1. The van der Waals surface area contributed by atoms with E-state index >= 15 is 0 Å². The molecule has 0 radical (unpaired) electrons. The second-order valence-corrected chi connectivity index (χ2v) is 18.8. The Kier molecular flexibility index (Phi) is 53.9. The molecule has 1 rings (SSSR count). The summed E-state index contributed by atoms with van der Waals surface area (Å²) < 4.78 is 9.87. The maximum Gasteiger partial charge on any atom is 0.305 e. The van der Waals surface area contributed by atoms with Crippen molar-refractivity contribution in [3.05, 3.63) is 0 Å². The van der Waals surface area contributed by atoms with Gasteiger partial charge in [-0.3, -0.25) is 19.3 Å². The summed E-state index contributed by atoms with van der Waals surface area (Å²) in [6.45, 7) is 26.1. The molecule has 1 heterocycles. The Bertz CT molecular complexity index is 1010. The molecular weight excluding hydrogens is 827 g/mol. The summed E-state index contributed by atoms with van der Waals surface area (Å²) in [6.07, 6.45) is 37.3. The lowest BCUT2D eigenvalue weighted by molar-refractivity contribution is -0.144. The Morgan fingerprint density at radius 2 is 0.894 bits per heavy atom. The van der Waals surface area contributed by atoms with Gasteiger partial charge in [-0.05, 0) is 84.2 Å². The molecule has 0 saturated carbocycles. The number of ether oxygens (including phenoxy) is 2. The maximum absolute atomic E-state index is 13.3. The van der Waals surface area contributed by atoms with Gasteiger partial charge >= 0.3 is 5.97 Å². The molecule has 0 unspecified atom stereocenters. The minimum atomic E-state index is -0.0904. The van der Waals surface area contributed by atoms with Crippen LogP contribution in [0.2, 0.25) is 0 Å². The van der Waals surface area contributed by atoms with E-state index in [4.69, 9.17) is 9.47 Å². The van der Waals surface area contributed by atoms with Crippen molar-refractivity contribution in [1.82, 2.24) is 24.5 Å². The highest BCUT2D eigenvalue weighted by Crippen LogP contribution is 2.13. The molecule has 0 aromatic carbocycles. The second-order valence-electron chi connectivity index (χ2n) is 18.8. The van der Waals surface area contributed by atoms with Gasteiger partial charge < -0.3 is 33.9 Å². The maximum atomic E-state index is 13.3. The number of rotatable bonds is 45. The minimum Gasteiger partial charge on any atom is -0.466 e. The van der Waals surface area contributed by atoms with Crippen molar-refractivity contribution < 1.29 is 28.7 Å². The van der Waals surface area contributed by atoms with Gasteiger partial charge in [0, 0.05) is 65.8 Å². The molecule has 0 N–H and O–H groups in total. The molecule has 0 bridgehead atoms. The van der Waals surface area contributed by atoms with E-state index in [1.807, 2.05) is 4.90 Å². The largest absolute Gasteiger partial charge is 0.466 e. The lowest BCUT2D eigenvalue weighted by Crippen LogP contribution is -2.51. The third-order valence-electron chi connectivity index (χ3n) is 12.7. The molecule has 1 aliphatic rings. The molecule has 11 nitrogen and oxygen atoms in total. The minimum absolute atomic E-state index is 0.0904. The molecular formula is C55H111N5O6. The Balaban J connectivity index is 0. The van der Waals surface area contributed by atoms with Crippen LogP contribution in [0, 0.1) is 0 Å². The van der Waals surface area contributed by atoms with Gasteiger partial charge in [0.1, 0.15) is 6.29 Å². The van der Waals surface area contributed by atoms with Crippen molar-refractivity contribution in [2.45, 2.75) is 228 Å². The summed E-state index contributed by atoms with van der Waals surface area (Å²) in [5.41, 5.74) is 0. The Hall–Kier alpha value is -2.08. The predicted octanol–water partition coefficient (Wildman–Crippen LogP) is 12.0. The number of hydrogen-bond donors (Lipinski definition) is 0. The molecule has 0 atom stereocenters. The summed E-state index contributed by atoms with van der Waals surface area (Å²) in [6, 6.07) is 0. The molecule has 66 heavy (non-hydrogen) atoms. The van der Waals surface area contributed by atoms with Crippen molar-refractivity contribution in [3.63, 3.8) is 0 Å². The zero-order valence-electron chi connectivity index (χ0n) is 45.0. The van der Waals surface area contributed by atoms with Crippen LogP contribution in [-0.2, 0) is 28.7 Å². The number of hydrogen-bond acceptors (Lipinski definition) is 9. The monoisotopic (exact) mass is 938 g/mol. The second kappa shape index (κ2) is 53.9. The van der Waals surface area contributed by atoms with Gasteiger partial charge in [0.05, 0.1) is 13.2 Å². The van der Waals surface area contributed by atoms with Crippen molar-refractivity contribution in [3.8, 4) is 0 Å². The summed E-state index contributed by atoms with van der Waals surface area (Å²) in [5.74, 6) is 0.154. The number of carbonyl (C=O) groups is 4. The van der Waals surface area contributed by atoms with Gasteiger partial charge in [0.15, 0.2) is 0 Å². The zero-order valence-corrected chi connectivity index (χ0v) is 45.0. The summed E-state index contributed by atoms with van der Waals surface area (Å²) in [5, 5.41) is 0. The SMILES string of the molecule is CCCCCCCCCN(CCCCCCCCC)CCN(CCCCCCCCC)CC(=O)N1CCN(C=O)CC1.CCCCOC.CCCCOC(=O)CCCN(CC)CCCC=O. The van der Waals surface area contributed by atoms with E-state index < -0.39 is 0 Å². The van der Waals surface area contributed by atoms with E-state index in [2.05, 4.69) is 56.2 Å². The Morgan fingerprint density at radius 1 is 0.470 bits per heavy atom. The molecule has 2 amide bonds. The number of piperazine rings is 1. The fraction of sp³-hybridized carbons (Fsp3) is 0.927. The average molecular weight is 939 g/mol. The third kappa shape index (κ3) is 45.7. The number of unbranched alkanes of at least 4 members (excludes halogenated alkanes) is 21. The highest BCUT2D eigenvalue weighted by Gasteiger charge is 2.22. The molecule has 0 spiro atoms. The van der Waals surface area contributed by atoms with Crippen molar-refractivity contribution in [2.24, 2.45) is 0 Å². The van der Waals surface area contributed by atoms with Crippen molar-refractivity contribution >= 4 is 24.6 Å². The molecule has 1 saturated heterocycles. The first-order valence-corrected chi connectivity index (χ1v) is 28.0. The van der Waals surface area contributed by atoms with Crippen molar-refractivity contribution in [1.29, 1.82) is 0 Å². The van der Waals surface area contributed by atoms with Gasteiger partial charge in [0.2, 0.25) is 12.3 Å². The third-order valence-corrected chi connectivity index (χ3v) is 12.7.